The van der Waals surface area contributed by atoms with Crippen LogP contribution in [0.4, 0.5) is 5.69 Å². The third kappa shape index (κ3) is 8.93. The number of carbonyl (C=O) groups is 3. The Kier molecular flexibility index (Phi) is 12.6. The Bertz CT molecular complexity index is 1440. The lowest BCUT2D eigenvalue weighted by Gasteiger charge is -2.37. The van der Waals surface area contributed by atoms with Crippen molar-refractivity contribution in [3.05, 3.63) is 53.1 Å². The Hall–Kier alpha value is -3.23. The molecule has 4 unspecified atom stereocenters. The van der Waals surface area contributed by atoms with E-state index in [2.05, 4.69) is 92.4 Å². The van der Waals surface area contributed by atoms with Crippen LogP contribution in [0.15, 0.2) is 36.4 Å². The van der Waals surface area contributed by atoms with Gasteiger partial charge in [0.15, 0.2) is 0 Å². The van der Waals surface area contributed by atoms with Gasteiger partial charge in [0.05, 0.1) is 13.2 Å². The lowest BCUT2D eigenvalue weighted by atomic mass is 9.80. The van der Waals surface area contributed by atoms with E-state index < -0.39 is 0 Å². The van der Waals surface area contributed by atoms with Gasteiger partial charge in [0, 0.05) is 75.3 Å². The molecule has 2 aliphatic carbocycles. The Morgan fingerprint density at radius 3 is 2.24 bits per heavy atom. The highest BCUT2D eigenvalue weighted by Crippen LogP contribution is 2.39. The number of ketones is 1. The molecule has 268 valence electrons. The number of anilines is 1. The van der Waals surface area contributed by atoms with E-state index in [0.29, 0.717) is 35.8 Å². The van der Waals surface area contributed by atoms with E-state index in [9.17, 15) is 14.4 Å². The number of nitrogens with zero attached hydrogens (tertiary/aromatic N) is 2. The summed E-state index contributed by atoms with van der Waals surface area (Å²) in [5.41, 5.74) is 6.01. The molecule has 2 N–H and O–H groups in total. The first-order valence-electron chi connectivity index (χ1n) is 18.8. The van der Waals surface area contributed by atoms with E-state index in [1.165, 1.54) is 5.56 Å². The number of amides is 2. The molecule has 0 spiro atoms. The number of rotatable bonds is 10. The summed E-state index contributed by atoms with van der Waals surface area (Å²) in [4.78, 5) is 44.3. The lowest BCUT2D eigenvalue weighted by Crippen LogP contribution is -2.42. The topological polar surface area (TPSA) is 91.0 Å². The summed E-state index contributed by atoms with van der Waals surface area (Å²) < 4.78 is 5.52. The number of ether oxygens (including phenoxy) is 1. The number of benzene rings is 2. The fraction of sp³-hybridized carbons (Fsp3) is 0.634. The zero-order valence-corrected chi connectivity index (χ0v) is 31.0. The quantitative estimate of drug-likeness (QED) is 0.276. The predicted octanol–water partition coefficient (Wildman–Crippen LogP) is 6.63. The Morgan fingerprint density at radius 2 is 1.61 bits per heavy atom. The van der Waals surface area contributed by atoms with Crippen molar-refractivity contribution in [2.45, 2.75) is 98.7 Å². The van der Waals surface area contributed by atoms with Gasteiger partial charge < -0.3 is 20.3 Å². The van der Waals surface area contributed by atoms with Crippen molar-refractivity contribution in [3.63, 3.8) is 0 Å². The molecule has 5 atom stereocenters. The van der Waals surface area contributed by atoms with Gasteiger partial charge in [-0.15, -0.1) is 0 Å². The number of hydrogen-bond donors (Lipinski definition) is 2. The molecule has 2 aromatic carbocycles. The van der Waals surface area contributed by atoms with Crippen LogP contribution >= 0.6 is 0 Å². The molecule has 2 saturated carbocycles. The first-order valence-corrected chi connectivity index (χ1v) is 18.8. The highest BCUT2D eigenvalue weighted by molar-refractivity contribution is 5.99. The van der Waals surface area contributed by atoms with E-state index >= 15 is 0 Å². The summed E-state index contributed by atoms with van der Waals surface area (Å²) in [6, 6.07) is 13.5. The number of hydrogen-bond acceptors (Lipinski definition) is 6. The van der Waals surface area contributed by atoms with Crippen molar-refractivity contribution in [2.75, 3.05) is 44.8 Å². The molecule has 1 saturated heterocycles. The van der Waals surface area contributed by atoms with Crippen LogP contribution in [-0.2, 0) is 20.9 Å². The highest BCUT2D eigenvalue weighted by atomic mass is 16.5. The van der Waals surface area contributed by atoms with Crippen LogP contribution < -0.4 is 15.5 Å². The first kappa shape index (κ1) is 37.0. The minimum Gasteiger partial charge on any atom is -0.379 e. The maximum Gasteiger partial charge on any atom is 0.251 e. The second-order valence-electron chi connectivity index (χ2n) is 15.4. The van der Waals surface area contributed by atoms with Crippen molar-refractivity contribution in [3.8, 4) is 11.1 Å². The summed E-state index contributed by atoms with van der Waals surface area (Å²) >= 11 is 0. The third-order valence-corrected chi connectivity index (χ3v) is 12.1. The van der Waals surface area contributed by atoms with Gasteiger partial charge in [-0.1, -0.05) is 52.0 Å². The van der Waals surface area contributed by atoms with Crippen LogP contribution in [0, 0.1) is 36.5 Å². The second-order valence-corrected chi connectivity index (χ2v) is 15.4. The van der Waals surface area contributed by atoms with Crippen LogP contribution in [0.25, 0.3) is 11.1 Å². The molecule has 2 aromatic rings. The fourth-order valence-electron chi connectivity index (χ4n) is 8.73. The summed E-state index contributed by atoms with van der Waals surface area (Å²) in [5.74, 6) is 1.14. The molecule has 1 aliphatic heterocycles. The molecule has 5 rings (SSSR count). The second kappa shape index (κ2) is 16.7. The van der Waals surface area contributed by atoms with Crippen molar-refractivity contribution in [1.82, 2.24) is 15.5 Å². The largest absolute Gasteiger partial charge is 0.379 e. The van der Waals surface area contributed by atoms with Gasteiger partial charge in [-0.2, -0.15) is 0 Å². The van der Waals surface area contributed by atoms with Crippen LogP contribution in [0.5, 0.6) is 0 Å². The lowest BCUT2D eigenvalue weighted by molar-refractivity contribution is -0.128. The minimum atomic E-state index is -0.176. The Morgan fingerprint density at radius 1 is 0.939 bits per heavy atom. The van der Waals surface area contributed by atoms with E-state index in [0.717, 1.165) is 93.8 Å². The van der Waals surface area contributed by atoms with E-state index in [-0.39, 0.29) is 35.6 Å². The molecule has 2 amide bonds. The van der Waals surface area contributed by atoms with Crippen molar-refractivity contribution in [1.29, 1.82) is 0 Å². The Labute approximate surface area is 294 Å². The molecular weight excluding hydrogens is 612 g/mol. The molecule has 0 radical (unpaired) electrons. The zero-order valence-electron chi connectivity index (χ0n) is 31.0. The number of carbonyl (C=O) groups excluding carboxylic acids is 3. The average molecular weight is 673 g/mol. The molecule has 0 bridgehead atoms. The molecule has 3 fully saturated rings. The Balaban J connectivity index is 1.40. The molecule has 1 heterocycles. The van der Waals surface area contributed by atoms with E-state index in [4.69, 9.17) is 4.74 Å². The maximum absolute atomic E-state index is 14.1. The minimum absolute atomic E-state index is 0.0288. The maximum atomic E-state index is 14.1. The number of nitrogens with one attached hydrogen (secondary N) is 2. The van der Waals surface area contributed by atoms with Gasteiger partial charge in [0.1, 0.15) is 5.78 Å². The smallest absolute Gasteiger partial charge is 0.251 e. The van der Waals surface area contributed by atoms with Crippen LogP contribution in [-0.4, -0.2) is 74.5 Å². The van der Waals surface area contributed by atoms with Gasteiger partial charge >= 0.3 is 0 Å². The summed E-state index contributed by atoms with van der Waals surface area (Å²) in [6.45, 7) is 17.1. The normalized spacial score (nSPS) is 28.1. The molecule has 0 aromatic heterocycles. The molecule has 8 nitrogen and oxygen atoms in total. The fourth-order valence-corrected chi connectivity index (χ4v) is 8.73. The molecular formula is C41H60N4O4. The third-order valence-electron chi connectivity index (χ3n) is 12.1. The van der Waals surface area contributed by atoms with Crippen LogP contribution in [0.1, 0.15) is 94.6 Å². The van der Waals surface area contributed by atoms with E-state index in [1.54, 1.807) is 6.92 Å². The van der Waals surface area contributed by atoms with E-state index in [1.807, 2.05) is 6.07 Å². The summed E-state index contributed by atoms with van der Waals surface area (Å²) in [7, 11) is 2.14. The van der Waals surface area contributed by atoms with Crippen LogP contribution in [0.3, 0.4) is 0 Å². The molecule has 49 heavy (non-hydrogen) atoms. The standard InChI is InChI=1S/C41H60N4O4/c1-8-36-28(4)26(2)21-27(3)38(40(36)47)24-42-41(48)37-22-33(32-11-9-31(10-12-32)25-45-17-19-49-20-18-45)23-39(29(37)5)44(7)35-15-13-34(14-16-35)43-30(6)46/h9-12,22-23,26-28,34-36,38H,8,13-21,24-25H2,1-7H3,(H,42,48)(H,43,46)/t26?,27?,28-,34-,35-,36?,38?/m0/s1. The SMILES string of the molecule is CCC1C(=O)C(CNC(=O)c2cc(-c3ccc(CN4CCOCC4)cc3)cc(N(C)[C@H]3CC[C@H](NC(C)=O)CC3)c2C)C(C)CC(C)[C@@H]1C. The molecule has 8 heteroatoms. The van der Waals surface area contributed by atoms with Crippen LogP contribution in [0.2, 0.25) is 0 Å². The van der Waals surface area contributed by atoms with Gasteiger partial charge in [-0.3, -0.25) is 19.3 Å². The van der Waals surface area contributed by atoms with Gasteiger partial charge in [0.2, 0.25) is 5.91 Å². The van der Waals surface area contributed by atoms with Crippen molar-refractivity contribution in [2.24, 2.45) is 29.6 Å². The van der Waals surface area contributed by atoms with Gasteiger partial charge in [0.25, 0.3) is 5.91 Å². The number of Topliss-reactive ketones (excluding diaryl/α,β-unsaturated/α-hetero) is 1. The van der Waals surface area contributed by atoms with Gasteiger partial charge in [-0.25, -0.2) is 0 Å². The van der Waals surface area contributed by atoms with Crippen molar-refractivity contribution < 1.29 is 19.1 Å². The monoisotopic (exact) mass is 672 g/mol. The first-order chi connectivity index (χ1) is 23.5. The average Bonchev–Trinajstić information content (AvgIpc) is 3.16. The number of morpholine rings is 1. The summed E-state index contributed by atoms with van der Waals surface area (Å²) in [5, 5.41) is 6.34. The zero-order chi connectivity index (χ0) is 35.2. The van der Waals surface area contributed by atoms with Crippen molar-refractivity contribution >= 4 is 23.3 Å². The highest BCUT2D eigenvalue weighted by Gasteiger charge is 2.39. The predicted molar refractivity (Wildman–Crippen MR) is 198 cm³/mol. The summed E-state index contributed by atoms with van der Waals surface area (Å²) in [6.07, 6.45) is 5.67. The molecule has 3 aliphatic rings. The van der Waals surface area contributed by atoms with Gasteiger partial charge in [-0.05, 0) is 97.6 Å².